The molecule has 0 N–H and O–H groups in total. The Hall–Kier alpha value is -2.35. The van der Waals surface area contributed by atoms with E-state index >= 15 is 0 Å². The molecule has 0 atom stereocenters. The van der Waals surface area contributed by atoms with Crippen LogP contribution in [0.2, 0.25) is 0 Å². The van der Waals surface area contributed by atoms with Gasteiger partial charge in [-0.3, -0.25) is 4.98 Å². The van der Waals surface area contributed by atoms with Crippen LogP contribution in [0.5, 0.6) is 0 Å². The lowest BCUT2D eigenvalue weighted by molar-refractivity contribution is 0.805. The molecule has 0 aliphatic rings. The van der Waals surface area contributed by atoms with Crippen molar-refractivity contribution in [2.75, 3.05) is 0 Å². The molecule has 20 heavy (non-hydrogen) atoms. The Morgan fingerprint density at radius 2 is 1.85 bits per heavy atom. The first kappa shape index (κ1) is 12.7. The molecule has 0 radical (unpaired) electrons. The quantitative estimate of drug-likeness (QED) is 0.694. The van der Waals surface area contributed by atoms with Gasteiger partial charge in [0.15, 0.2) is 0 Å². The van der Waals surface area contributed by atoms with Crippen molar-refractivity contribution in [2.45, 2.75) is 20.4 Å². The first-order valence-electron chi connectivity index (χ1n) is 6.94. The molecule has 0 aliphatic carbocycles. The predicted molar refractivity (Wildman–Crippen MR) is 84.8 cm³/mol. The van der Waals surface area contributed by atoms with Gasteiger partial charge < -0.3 is 4.57 Å². The maximum atomic E-state index is 4.29. The molecule has 0 fully saturated rings. The molecule has 0 unspecified atom stereocenters. The third-order valence-corrected chi connectivity index (χ3v) is 3.69. The number of rotatable bonds is 2. The van der Waals surface area contributed by atoms with Gasteiger partial charge in [-0.2, -0.15) is 0 Å². The van der Waals surface area contributed by atoms with Crippen LogP contribution < -0.4 is 10.6 Å². The Bertz CT molecular complexity index is 842. The second-order valence-corrected chi connectivity index (χ2v) is 4.84. The third kappa shape index (κ3) is 2.03. The van der Waals surface area contributed by atoms with E-state index in [1.54, 1.807) is 0 Å². The maximum absolute atomic E-state index is 4.29. The van der Waals surface area contributed by atoms with Gasteiger partial charge in [0.1, 0.15) is 0 Å². The second kappa shape index (κ2) is 5.33. The monoisotopic (exact) mass is 262 g/mol. The lowest BCUT2D eigenvalue weighted by atomic mass is 10.2. The van der Waals surface area contributed by atoms with Gasteiger partial charge in [0.05, 0.1) is 11.7 Å². The van der Waals surface area contributed by atoms with Crippen molar-refractivity contribution in [1.29, 1.82) is 0 Å². The van der Waals surface area contributed by atoms with Crippen molar-refractivity contribution < 1.29 is 0 Å². The van der Waals surface area contributed by atoms with Gasteiger partial charge in [-0.1, -0.05) is 42.5 Å². The molecule has 3 rings (SSSR count). The van der Waals surface area contributed by atoms with Crippen LogP contribution in [-0.4, -0.2) is 9.55 Å². The molecule has 3 aromatic rings. The number of hydrogen-bond acceptors (Lipinski definition) is 1. The van der Waals surface area contributed by atoms with Gasteiger partial charge >= 0.3 is 0 Å². The summed E-state index contributed by atoms with van der Waals surface area (Å²) in [6, 6.07) is 12.6. The highest BCUT2D eigenvalue weighted by molar-refractivity contribution is 5.81. The van der Waals surface area contributed by atoms with Crippen LogP contribution in [0.1, 0.15) is 19.4 Å². The van der Waals surface area contributed by atoms with Gasteiger partial charge in [0.2, 0.25) is 0 Å². The van der Waals surface area contributed by atoms with Crippen LogP contribution in [0, 0.1) is 0 Å². The molecular weight excluding hydrogens is 244 g/mol. The molecule has 1 aromatic carbocycles. The van der Waals surface area contributed by atoms with Crippen molar-refractivity contribution >= 4 is 23.1 Å². The molecule has 0 aliphatic heterocycles. The Morgan fingerprint density at radius 3 is 2.55 bits per heavy atom. The highest BCUT2D eigenvalue weighted by atomic mass is 15.0. The van der Waals surface area contributed by atoms with Gasteiger partial charge in [-0.25, -0.2) is 0 Å². The minimum absolute atomic E-state index is 0.872. The number of aromatic nitrogens is 2. The standard InChI is InChI=1S/C18H18N2/c1-3-15-16-10-11-19-12-18(16)20(17(15)4-2)13-14-8-6-5-7-9-14/h3-12H,13H2,1-2H3/b15-3-,17-4+. The van der Waals surface area contributed by atoms with Crippen LogP contribution in [0.25, 0.3) is 23.1 Å². The van der Waals surface area contributed by atoms with E-state index in [9.17, 15) is 0 Å². The van der Waals surface area contributed by atoms with E-state index in [1.807, 2.05) is 12.4 Å². The Labute approximate surface area is 118 Å². The number of pyridine rings is 1. The van der Waals surface area contributed by atoms with E-state index in [4.69, 9.17) is 0 Å². The normalized spacial score (nSPS) is 13.3. The van der Waals surface area contributed by atoms with Gasteiger partial charge in [-0.15, -0.1) is 0 Å². The molecular formula is C18H18N2. The van der Waals surface area contributed by atoms with Crippen LogP contribution in [-0.2, 0) is 6.54 Å². The summed E-state index contributed by atoms with van der Waals surface area (Å²) in [5, 5.41) is 3.83. The summed E-state index contributed by atoms with van der Waals surface area (Å²) in [6.45, 7) is 5.06. The number of fused-ring (bicyclic) bond motifs is 1. The zero-order valence-corrected chi connectivity index (χ0v) is 11.9. The molecule has 2 aromatic heterocycles. The Morgan fingerprint density at radius 1 is 1.05 bits per heavy atom. The van der Waals surface area contributed by atoms with Crippen LogP contribution >= 0.6 is 0 Å². The van der Waals surface area contributed by atoms with Gasteiger partial charge in [0.25, 0.3) is 0 Å². The minimum atomic E-state index is 0.872. The van der Waals surface area contributed by atoms with E-state index < -0.39 is 0 Å². The summed E-state index contributed by atoms with van der Waals surface area (Å²) in [6.07, 6.45) is 8.18. The number of benzene rings is 1. The average molecular weight is 262 g/mol. The van der Waals surface area contributed by atoms with Crippen molar-refractivity contribution in [2.24, 2.45) is 0 Å². The van der Waals surface area contributed by atoms with Crippen molar-refractivity contribution in [1.82, 2.24) is 9.55 Å². The summed E-state index contributed by atoms with van der Waals surface area (Å²) in [7, 11) is 0. The molecule has 0 bridgehead atoms. The molecule has 0 saturated carbocycles. The Kier molecular flexibility index (Phi) is 3.38. The topological polar surface area (TPSA) is 17.8 Å². The maximum Gasteiger partial charge on any atom is 0.0680 e. The first-order chi connectivity index (χ1) is 9.85. The number of hydrogen-bond donors (Lipinski definition) is 0. The average Bonchev–Trinajstić information content (AvgIpc) is 2.81. The fourth-order valence-corrected chi connectivity index (χ4v) is 2.79. The van der Waals surface area contributed by atoms with Crippen molar-refractivity contribution in [3.05, 3.63) is 64.9 Å². The molecule has 0 amide bonds. The van der Waals surface area contributed by atoms with Crippen molar-refractivity contribution in [3.63, 3.8) is 0 Å². The van der Waals surface area contributed by atoms with Crippen LogP contribution in [0.15, 0.2) is 48.8 Å². The summed E-state index contributed by atoms with van der Waals surface area (Å²) >= 11 is 0. The molecule has 2 nitrogen and oxygen atoms in total. The van der Waals surface area contributed by atoms with E-state index in [2.05, 4.69) is 71.9 Å². The molecule has 2 heterocycles. The first-order valence-corrected chi connectivity index (χ1v) is 6.94. The summed E-state index contributed by atoms with van der Waals surface area (Å²) in [5.41, 5.74) is 2.50. The van der Waals surface area contributed by atoms with E-state index in [1.165, 1.54) is 27.0 Å². The fourth-order valence-electron chi connectivity index (χ4n) is 2.79. The van der Waals surface area contributed by atoms with Gasteiger partial charge in [-0.05, 0) is 25.5 Å². The summed E-state index contributed by atoms with van der Waals surface area (Å²) < 4.78 is 2.34. The van der Waals surface area contributed by atoms with Crippen LogP contribution in [0.3, 0.4) is 0 Å². The second-order valence-electron chi connectivity index (χ2n) is 4.84. The smallest absolute Gasteiger partial charge is 0.0680 e. The van der Waals surface area contributed by atoms with E-state index in [0.29, 0.717) is 0 Å². The lowest BCUT2D eigenvalue weighted by Crippen LogP contribution is -2.29. The highest BCUT2D eigenvalue weighted by Gasteiger charge is 2.06. The van der Waals surface area contributed by atoms with Crippen LogP contribution in [0.4, 0.5) is 0 Å². The SMILES string of the molecule is C/C=c1\c(=C/C)n(Cc2ccccc2)c2cnccc12. The van der Waals surface area contributed by atoms with E-state index in [0.717, 1.165) is 6.54 Å². The largest absolute Gasteiger partial charge is 0.335 e. The molecule has 2 heteroatoms. The zero-order valence-electron chi connectivity index (χ0n) is 11.9. The third-order valence-electron chi connectivity index (χ3n) is 3.69. The fraction of sp³-hybridized carbons (Fsp3) is 0.167. The summed E-state index contributed by atoms with van der Waals surface area (Å²) in [4.78, 5) is 4.29. The molecule has 0 saturated heterocycles. The van der Waals surface area contributed by atoms with E-state index in [-0.39, 0.29) is 0 Å². The zero-order chi connectivity index (χ0) is 13.9. The minimum Gasteiger partial charge on any atom is -0.335 e. The number of nitrogens with zero attached hydrogens (tertiary/aromatic N) is 2. The lowest BCUT2D eigenvalue weighted by Gasteiger charge is -2.06. The molecule has 100 valence electrons. The molecule has 0 spiro atoms. The Balaban J connectivity index is 2.30. The van der Waals surface area contributed by atoms with Gasteiger partial charge in [0, 0.05) is 28.7 Å². The van der Waals surface area contributed by atoms with Crippen molar-refractivity contribution in [3.8, 4) is 0 Å². The predicted octanol–water partition coefficient (Wildman–Crippen LogP) is 2.69. The highest BCUT2D eigenvalue weighted by Crippen LogP contribution is 2.09. The summed E-state index contributed by atoms with van der Waals surface area (Å²) in [5.74, 6) is 0.